The molecule has 0 aliphatic carbocycles. The van der Waals surface area contributed by atoms with Gasteiger partial charge in [-0.25, -0.2) is 0 Å². The predicted octanol–water partition coefficient (Wildman–Crippen LogP) is 5.71. The third kappa shape index (κ3) is 9.87. The van der Waals surface area contributed by atoms with Gasteiger partial charge in [-0.15, -0.1) is 26.2 Å². The van der Waals surface area contributed by atoms with E-state index in [9.17, 15) is 0 Å². The molecular weight excluding hydrogens is 461 g/mol. The molecule has 172 valence electrons. The van der Waals surface area contributed by atoms with Gasteiger partial charge in [0.1, 0.15) is 0 Å². The smallest absolute Gasteiger partial charge is 0.661 e. The number of aromatic nitrogens is 2. The number of piperidine rings is 4. The summed E-state index contributed by atoms with van der Waals surface area (Å²) in [6, 6.07) is 2.39. The zero-order chi connectivity index (χ0) is 20.0. The van der Waals surface area contributed by atoms with Gasteiger partial charge >= 0.3 is 19.5 Å². The minimum atomic E-state index is 0. The van der Waals surface area contributed by atoms with Crippen molar-refractivity contribution in [2.75, 3.05) is 26.2 Å². The van der Waals surface area contributed by atoms with E-state index in [0.29, 0.717) is 24.2 Å². The van der Waals surface area contributed by atoms with E-state index in [1.165, 1.54) is 83.4 Å². The van der Waals surface area contributed by atoms with Crippen LogP contribution in [0.5, 0.6) is 0 Å². The SMILES string of the molecule is C1CCC(C2CCCC[N-]2)[N-]C1.C1CCC(C2CCCC[N-]2)[N-]C1.[Ru+2].c1c[n-]cn1. The van der Waals surface area contributed by atoms with Gasteiger partial charge in [-0.1, -0.05) is 95.8 Å². The molecule has 5 rings (SSSR count). The molecule has 0 aromatic carbocycles. The van der Waals surface area contributed by atoms with Crippen LogP contribution in [0.3, 0.4) is 0 Å². The van der Waals surface area contributed by atoms with Crippen LogP contribution in [-0.4, -0.2) is 55.3 Å². The zero-order valence-electron chi connectivity index (χ0n) is 18.4. The third-order valence-corrected chi connectivity index (χ3v) is 6.35. The average Bonchev–Trinajstić information content (AvgIpc) is 3.42. The van der Waals surface area contributed by atoms with E-state index in [1.807, 2.05) is 0 Å². The van der Waals surface area contributed by atoms with E-state index in [4.69, 9.17) is 0 Å². The Bertz CT molecular complexity index is 395. The minimum Gasteiger partial charge on any atom is -0.661 e. The molecular formula is C23H39N6Ru-3. The molecule has 0 N–H and O–H groups in total. The summed E-state index contributed by atoms with van der Waals surface area (Å²) in [4.78, 5) is 7.22. The molecule has 4 atom stereocenters. The van der Waals surface area contributed by atoms with E-state index in [-0.39, 0.29) is 19.5 Å². The minimum absolute atomic E-state index is 0. The van der Waals surface area contributed by atoms with Crippen LogP contribution in [0.2, 0.25) is 0 Å². The standard InChI is InChI=1S/2C10H18N2.C3H3N2.Ru/c2*1-3-7-11-9(5-1)10-6-2-4-8-12-10;1-2-5-3-4-1;/h2*9-10H,1-8H2;1-3H;/q2*-2;-1;+2. The fraction of sp³-hybridized carbons (Fsp3) is 0.870. The Labute approximate surface area is 196 Å². The summed E-state index contributed by atoms with van der Waals surface area (Å²) in [5.74, 6) is 0. The second-order valence-corrected chi connectivity index (χ2v) is 8.59. The molecule has 30 heavy (non-hydrogen) atoms. The van der Waals surface area contributed by atoms with Gasteiger partial charge in [0.2, 0.25) is 0 Å². The molecule has 7 heteroatoms. The monoisotopic (exact) mass is 501 g/mol. The van der Waals surface area contributed by atoms with Crippen molar-refractivity contribution >= 4 is 0 Å². The summed E-state index contributed by atoms with van der Waals surface area (Å²) in [5, 5.41) is 18.6. The van der Waals surface area contributed by atoms with Gasteiger partial charge in [0.25, 0.3) is 0 Å². The van der Waals surface area contributed by atoms with Crippen LogP contribution in [0.4, 0.5) is 0 Å². The van der Waals surface area contributed by atoms with Crippen molar-refractivity contribution in [1.29, 1.82) is 0 Å². The Morgan fingerprint density at radius 3 is 1.07 bits per heavy atom. The Morgan fingerprint density at radius 2 is 0.900 bits per heavy atom. The third-order valence-electron chi connectivity index (χ3n) is 6.35. The Morgan fingerprint density at radius 1 is 0.533 bits per heavy atom. The average molecular weight is 501 g/mol. The molecule has 0 spiro atoms. The molecule has 4 aliphatic heterocycles. The molecule has 0 saturated carbocycles. The van der Waals surface area contributed by atoms with E-state index in [0.717, 1.165) is 26.2 Å². The molecule has 0 radical (unpaired) electrons. The van der Waals surface area contributed by atoms with Gasteiger partial charge in [0, 0.05) is 0 Å². The second kappa shape index (κ2) is 16.3. The molecule has 0 amide bonds. The Kier molecular flexibility index (Phi) is 14.1. The summed E-state index contributed by atoms with van der Waals surface area (Å²) in [6.07, 6.45) is 20.7. The van der Waals surface area contributed by atoms with Crippen LogP contribution < -0.4 is 4.98 Å². The normalized spacial score (nSPS) is 31.7. The second-order valence-electron chi connectivity index (χ2n) is 8.59. The summed E-state index contributed by atoms with van der Waals surface area (Å²) in [7, 11) is 0. The first-order chi connectivity index (χ1) is 14.4. The van der Waals surface area contributed by atoms with Crippen LogP contribution in [0.1, 0.15) is 77.0 Å². The van der Waals surface area contributed by atoms with E-state index < -0.39 is 0 Å². The van der Waals surface area contributed by atoms with Crippen molar-refractivity contribution in [3.8, 4) is 0 Å². The quantitative estimate of drug-likeness (QED) is 0.487. The Balaban J connectivity index is 0.000000170. The first kappa shape index (κ1) is 25.9. The van der Waals surface area contributed by atoms with Crippen LogP contribution in [0, 0.1) is 0 Å². The van der Waals surface area contributed by atoms with Crippen molar-refractivity contribution in [3.63, 3.8) is 0 Å². The van der Waals surface area contributed by atoms with Gasteiger partial charge < -0.3 is 31.2 Å². The Hall–Kier alpha value is -0.327. The predicted molar refractivity (Wildman–Crippen MR) is 121 cm³/mol. The van der Waals surface area contributed by atoms with Gasteiger partial charge in [-0.2, -0.15) is 24.2 Å². The molecule has 4 fully saturated rings. The number of nitrogens with zero attached hydrogens (tertiary/aromatic N) is 6. The molecule has 5 heterocycles. The molecule has 4 unspecified atom stereocenters. The van der Waals surface area contributed by atoms with Crippen molar-refractivity contribution in [2.45, 2.75) is 101 Å². The van der Waals surface area contributed by atoms with E-state index >= 15 is 0 Å². The van der Waals surface area contributed by atoms with Gasteiger partial charge in [0.15, 0.2) is 0 Å². The molecule has 4 aliphatic rings. The fourth-order valence-corrected chi connectivity index (χ4v) is 4.70. The van der Waals surface area contributed by atoms with Crippen molar-refractivity contribution < 1.29 is 19.5 Å². The topological polar surface area (TPSA) is 83.4 Å². The number of imidazole rings is 1. The van der Waals surface area contributed by atoms with Gasteiger partial charge in [0.05, 0.1) is 0 Å². The van der Waals surface area contributed by atoms with Gasteiger partial charge in [-0.3, -0.25) is 0 Å². The zero-order valence-corrected chi connectivity index (χ0v) is 20.1. The number of hydrogen-bond acceptors (Lipinski definition) is 1. The summed E-state index contributed by atoms with van der Waals surface area (Å²) in [6.45, 7) is 4.38. The maximum Gasteiger partial charge on any atom is 2.00 e. The first-order valence-electron chi connectivity index (χ1n) is 12.0. The molecule has 0 bridgehead atoms. The van der Waals surface area contributed by atoms with E-state index in [1.54, 1.807) is 12.4 Å². The summed E-state index contributed by atoms with van der Waals surface area (Å²) < 4.78 is 0. The maximum atomic E-state index is 4.66. The summed E-state index contributed by atoms with van der Waals surface area (Å²) in [5.41, 5.74) is 0. The fourth-order valence-electron chi connectivity index (χ4n) is 4.70. The molecule has 1 aromatic rings. The largest absolute Gasteiger partial charge is 2.00 e. The van der Waals surface area contributed by atoms with Crippen LogP contribution in [0.25, 0.3) is 21.3 Å². The first-order valence-corrected chi connectivity index (χ1v) is 12.0. The van der Waals surface area contributed by atoms with Crippen LogP contribution in [-0.2, 0) is 19.5 Å². The summed E-state index contributed by atoms with van der Waals surface area (Å²) >= 11 is 0. The molecule has 6 nitrogen and oxygen atoms in total. The molecule has 1 aromatic heterocycles. The number of rotatable bonds is 2. The number of hydrogen-bond donors (Lipinski definition) is 0. The van der Waals surface area contributed by atoms with Crippen molar-refractivity contribution in [3.05, 3.63) is 40.0 Å². The van der Waals surface area contributed by atoms with Crippen LogP contribution in [0.15, 0.2) is 18.7 Å². The molecule has 4 saturated heterocycles. The van der Waals surface area contributed by atoms with Crippen LogP contribution >= 0.6 is 0 Å². The van der Waals surface area contributed by atoms with E-state index in [2.05, 4.69) is 31.2 Å². The van der Waals surface area contributed by atoms with Crippen molar-refractivity contribution in [2.24, 2.45) is 0 Å². The van der Waals surface area contributed by atoms with Crippen molar-refractivity contribution in [1.82, 2.24) is 9.97 Å². The van der Waals surface area contributed by atoms with Gasteiger partial charge in [-0.05, 0) is 0 Å². The maximum absolute atomic E-state index is 4.66.